The molecule has 0 N–H and O–H groups in total. The standard InChI is InChI=1S/C24H26ClNO6/c1-29-20-14-18(15-21(30-2)22(20)31-3)23(27)26-13-7-11-17(24(28)32-25)10-6-9-16-8-4-5-12-19(16)26/h4-5,8,11-12,14-15H,6-7,9-10,13H2,1-3H3/b17-11+. The van der Waals surface area contributed by atoms with Gasteiger partial charge < -0.3 is 23.4 Å². The minimum atomic E-state index is -0.553. The summed E-state index contributed by atoms with van der Waals surface area (Å²) in [5.41, 5.74) is 2.77. The van der Waals surface area contributed by atoms with Gasteiger partial charge in [0, 0.05) is 23.4 Å². The zero-order valence-electron chi connectivity index (χ0n) is 18.4. The second kappa shape index (κ2) is 10.9. The van der Waals surface area contributed by atoms with Crippen molar-refractivity contribution in [2.45, 2.75) is 25.7 Å². The van der Waals surface area contributed by atoms with Crippen molar-refractivity contribution in [3.63, 3.8) is 0 Å². The highest BCUT2D eigenvalue weighted by atomic mass is 35.5. The van der Waals surface area contributed by atoms with Gasteiger partial charge in [0.2, 0.25) is 5.75 Å². The molecule has 0 atom stereocenters. The average molecular weight is 460 g/mol. The zero-order chi connectivity index (χ0) is 23.1. The van der Waals surface area contributed by atoms with E-state index in [9.17, 15) is 9.59 Å². The molecule has 1 aliphatic rings. The molecule has 1 amide bonds. The number of halogens is 1. The van der Waals surface area contributed by atoms with E-state index in [4.69, 9.17) is 26.1 Å². The van der Waals surface area contributed by atoms with Crippen molar-refractivity contribution >= 4 is 29.4 Å². The van der Waals surface area contributed by atoms with Gasteiger partial charge in [0.1, 0.15) is 11.9 Å². The number of amides is 1. The zero-order valence-corrected chi connectivity index (χ0v) is 19.1. The molecule has 8 heteroatoms. The van der Waals surface area contributed by atoms with Crippen LogP contribution < -0.4 is 19.1 Å². The summed E-state index contributed by atoms with van der Waals surface area (Å²) in [5.74, 6) is 0.448. The lowest BCUT2D eigenvalue weighted by molar-refractivity contribution is -0.129. The highest BCUT2D eigenvalue weighted by Gasteiger charge is 2.24. The molecule has 2 aromatic carbocycles. The SMILES string of the molecule is COc1cc(C(=O)N2CC/C=C(/C(=O)OCl)CCCc3ccccc32)cc(OC)c1OC. The quantitative estimate of drug-likeness (QED) is 0.644. The van der Waals surface area contributed by atoms with E-state index in [1.165, 1.54) is 21.3 Å². The second-order valence-electron chi connectivity index (χ2n) is 7.24. The third-order valence-corrected chi connectivity index (χ3v) is 5.55. The highest BCUT2D eigenvalue weighted by Crippen LogP contribution is 2.39. The van der Waals surface area contributed by atoms with E-state index < -0.39 is 5.97 Å². The van der Waals surface area contributed by atoms with E-state index in [1.807, 2.05) is 24.3 Å². The molecular weight excluding hydrogens is 434 g/mol. The number of carbonyl (C=O) groups excluding carboxylic acids is 2. The van der Waals surface area contributed by atoms with E-state index >= 15 is 0 Å². The third-order valence-electron chi connectivity index (χ3n) is 5.41. The van der Waals surface area contributed by atoms with E-state index in [1.54, 1.807) is 23.1 Å². The fourth-order valence-corrected chi connectivity index (χ4v) is 3.95. The molecule has 0 saturated carbocycles. The van der Waals surface area contributed by atoms with Crippen LogP contribution >= 0.6 is 11.9 Å². The van der Waals surface area contributed by atoms with Crippen LogP contribution in [0.5, 0.6) is 17.2 Å². The lowest BCUT2D eigenvalue weighted by atomic mass is 9.99. The van der Waals surface area contributed by atoms with Crippen LogP contribution in [0.15, 0.2) is 48.0 Å². The predicted octanol–water partition coefficient (Wildman–Crippen LogP) is 4.71. The molecule has 0 radical (unpaired) electrons. The van der Waals surface area contributed by atoms with Crippen molar-refractivity contribution in [2.24, 2.45) is 0 Å². The summed E-state index contributed by atoms with van der Waals surface area (Å²) >= 11 is 5.29. The Kier molecular flexibility index (Phi) is 8.00. The van der Waals surface area contributed by atoms with Crippen molar-refractivity contribution in [1.82, 2.24) is 0 Å². The average Bonchev–Trinajstić information content (AvgIpc) is 2.84. The highest BCUT2D eigenvalue weighted by molar-refractivity contribution is 6.15. The van der Waals surface area contributed by atoms with Crippen molar-refractivity contribution in [3.8, 4) is 17.2 Å². The monoisotopic (exact) mass is 459 g/mol. The van der Waals surface area contributed by atoms with Gasteiger partial charge in [0.15, 0.2) is 11.5 Å². The summed E-state index contributed by atoms with van der Waals surface area (Å²) in [5, 5.41) is 0. The lowest BCUT2D eigenvalue weighted by Gasteiger charge is -2.26. The van der Waals surface area contributed by atoms with Crippen LogP contribution in [0.2, 0.25) is 0 Å². The molecule has 0 aliphatic carbocycles. The molecule has 0 saturated heterocycles. The van der Waals surface area contributed by atoms with Gasteiger partial charge in [0.25, 0.3) is 5.91 Å². The second-order valence-corrected chi connectivity index (χ2v) is 7.39. The largest absolute Gasteiger partial charge is 0.493 e. The van der Waals surface area contributed by atoms with Crippen LogP contribution in [0.1, 0.15) is 35.2 Å². The van der Waals surface area contributed by atoms with Crippen molar-refractivity contribution < 1.29 is 28.1 Å². The van der Waals surface area contributed by atoms with Gasteiger partial charge in [-0.05, 0) is 49.4 Å². The van der Waals surface area contributed by atoms with Crippen LogP contribution in [-0.4, -0.2) is 39.8 Å². The first kappa shape index (κ1) is 23.5. The summed E-state index contributed by atoms with van der Waals surface area (Å²) in [6.45, 7) is 0.367. The van der Waals surface area contributed by atoms with Gasteiger partial charge in [-0.2, -0.15) is 0 Å². The minimum absolute atomic E-state index is 0.216. The van der Waals surface area contributed by atoms with Gasteiger partial charge in [-0.25, -0.2) is 4.79 Å². The van der Waals surface area contributed by atoms with Crippen LogP contribution in [0.3, 0.4) is 0 Å². The number of hydrogen-bond acceptors (Lipinski definition) is 6. The van der Waals surface area contributed by atoms with Crippen LogP contribution in [0.25, 0.3) is 0 Å². The fraction of sp³-hybridized carbons (Fsp3) is 0.333. The molecule has 7 nitrogen and oxygen atoms in total. The number of fused-ring (bicyclic) bond motifs is 1. The number of hydrogen-bond donors (Lipinski definition) is 0. The van der Waals surface area contributed by atoms with Crippen molar-refractivity contribution in [3.05, 3.63) is 59.2 Å². The summed E-state index contributed by atoms with van der Waals surface area (Å²) in [4.78, 5) is 27.4. The predicted molar refractivity (Wildman–Crippen MR) is 122 cm³/mol. The molecule has 170 valence electrons. The molecule has 1 heterocycles. The summed E-state index contributed by atoms with van der Waals surface area (Å²) in [6, 6.07) is 11.1. The van der Waals surface area contributed by atoms with Crippen molar-refractivity contribution in [2.75, 3.05) is 32.8 Å². The summed E-state index contributed by atoms with van der Waals surface area (Å²) in [6.07, 6.45) is 4.23. The number of aryl methyl sites for hydroxylation is 1. The van der Waals surface area contributed by atoms with Crippen LogP contribution in [-0.2, 0) is 15.5 Å². The molecule has 3 rings (SSSR count). The van der Waals surface area contributed by atoms with Crippen LogP contribution in [0.4, 0.5) is 5.69 Å². The number of benzene rings is 2. The van der Waals surface area contributed by atoms with E-state index in [0.717, 1.165) is 17.7 Å². The molecular formula is C24H26ClNO6. The Labute approximate surface area is 192 Å². The van der Waals surface area contributed by atoms with Gasteiger partial charge in [0.05, 0.1) is 21.3 Å². The lowest BCUT2D eigenvalue weighted by Crippen LogP contribution is -2.33. The number of anilines is 1. The Morgan fingerprint density at radius 3 is 2.28 bits per heavy atom. The van der Waals surface area contributed by atoms with Gasteiger partial charge in [-0.3, -0.25) is 4.79 Å². The van der Waals surface area contributed by atoms with Crippen molar-refractivity contribution in [1.29, 1.82) is 0 Å². The maximum Gasteiger partial charge on any atom is 0.351 e. The van der Waals surface area contributed by atoms with Gasteiger partial charge in [-0.1, -0.05) is 24.3 Å². The Morgan fingerprint density at radius 2 is 1.66 bits per heavy atom. The Morgan fingerprint density at radius 1 is 0.969 bits per heavy atom. The van der Waals surface area contributed by atoms with E-state index in [2.05, 4.69) is 4.29 Å². The van der Waals surface area contributed by atoms with Gasteiger partial charge >= 0.3 is 5.97 Å². The first-order valence-electron chi connectivity index (χ1n) is 10.3. The molecule has 2 aromatic rings. The van der Waals surface area contributed by atoms with E-state index in [0.29, 0.717) is 54.2 Å². The maximum absolute atomic E-state index is 13.7. The normalized spacial score (nSPS) is 15.6. The van der Waals surface area contributed by atoms with Crippen LogP contribution in [0, 0.1) is 0 Å². The molecule has 0 unspecified atom stereocenters. The maximum atomic E-state index is 13.7. The molecule has 1 aliphatic heterocycles. The first-order valence-corrected chi connectivity index (χ1v) is 10.6. The number of nitrogens with zero attached hydrogens (tertiary/aromatic N) is 1. The summed E-state index contributed by atoms with van der Waals surface area (Å²) in [7, 11) is 4.53. The Bertz CT molecular complexity index is 994. The molecule has 32 heavy (non-hydrogen) atoms. The Hall–Kier alpha value is -3.19. The van der Waals surface area contributed by atoms with E-state index in [-0.39, 0.29) is 5.91 Å². The smallest absolute Gasteiger partial charge is 0.351 e. The number of para-hydroxylation sites is 1. The summed E-state index contributed by atoms with van der Waals surface area (Å²) < 4.78 is 20.6. The van der Waals surface area contributed by atoms with Gasteiger partial charge in [-0.15, -0.1) is 0 Å². The third kappa shape index (κ3) is 4.99. The topological polar surface area (TPSA) is 74.3 Å². The molecule has 0 fully saturated rings. The Balaban J connectivity index is 2.04. The fourth-order valence-electron chi connectivity index (χ4n) is 3.85. The number of carbonyl (C=O) groups is 2. The first-order chi connectivity index (χ1) is 15.5. The number of rotatable bonds is 5. The molecule has 0 aromatic heterocycles. The molecule has 0 spiro atoms. The number of methoxy groups -OCH3 is 3. The molecule has 0 bridgehead atoms. The number of ether oxygens (including phenoxy) is 3. The minimum Gasteiger partial charge on any atom is -0.493 e.